The number of hydrogen-bond donors (Lipinski definition) is 0. The number of nitrogens with zero attached hydrogens (tertiary/aromatic N) is 2. The zero-order chi connectivity index (χ0) is 16.2. The number of ketones is 1. The number of anilines is 1. The first-order valence-corrected chi connectivity index (χ1v) is 8.49. The summed E-state index contributed by atoms with van der Waals surface area (Å²) >= 11 is 0. The molecule has 0 spiro atoms. The van der Waals surface area contributed by atoms with Crippen LogP contribution in [-0.4, -0.2) is 56.6 Å². The number of hydrogen-bond acceptors (Lipinski definition) is 4. The number of Topliss-reactive ketones (excluding diaryl/α,β-unsaturated/α-hetero) is 1. The molecule has 23 heavy (non-hydrogen) atoms. The van der Waals surface area contributed by atoms with Crippen LogP contribution >= 0.6 is 0 Å². The van der Waals surface area contributed by atoms with Gasteiger partial charge in [0.1, 0.15) is 5.82 Å². The molecular formula is C18H25FN2O2. The molecule has 0 unspecified atom stereocenters. The number of benzene rings is 1. The van der Waals surface area contributed by atoms with E-state index in [1.54, 1.807) is 6.07 Å². The number of halogens is 1. The van der Waals surface area contributed by atoms with E-state index >= 15 is 0 Å². The molecule has 0 aliphatic carbocycles. The number of rotatable bonds is 4. The molecule has 4 nitrogen and oxygen atoms in total. The van der Waals surface area contributed by atoms with Crippen LogP contribution in [0.2, 0.25) is 0 Å². The first-order chi connectivity index (χ1) is 11.1. The van der Waals surface area contributed by atoms with Gasteiger partial charge in [-0.2, -0.15) is 0 Å². The van der Waals surface area contributed by atoms with Gasteiger partial charge in [-0.05, 0) is 37.8 Å². The van der Waals surface area contributed by atoms with Gasteiger partial charge >= 0.3 is 0 Å². The summed E-state index contributed by atoms with van der Waals surface area (Å²) in [6.45, 7) is 7.90. The Hall–Kier alpha value is -1.46. The van der Waals surface area contributed by atoms with Crippen LogP contribution in [0, 0.1) is 11.7 Å². The van der Waals surface area contributed by atoms with E-state index in [2.05, 4.69) is 9.80 Å². The molecule has 1 atom stereocenters. The van der Waals surface area contributed by atoms with Gasteiger partial charge < -0.3 is 9.64 Å². The quantitative estimate of drug-likeness (QED) is 0.798. The first kappa shape index (κ1) is 16.4. The molecule has 3 rings (SSSR count). The van der Waals surface area contributed by atoms with Crippen molar-refractivity contribution in [3.05, 3.63) is 29.6 Å². The summed E-state index contributed by atoms with van der Waals surface area (Å²) in [6.07, 6.45) is 2.28. The van der Waals surface area contributed by atoms with E-state index < -0.39 is 5.82 Å². The molecule has 0 radical (unpaired) electrons. The lowest BCUT2D eigenvalue weighted by atomic mass is 9.95. The molecule has 0 aromatic heterocycles. The van der Waals surface area contributed by atoms with E-state index in [1.807, 2.05) is 6.07 Å². The van der Waals surface area contributed by atoms with Gasteiger partial charge in [-0.25, -0.2) is 4.39 Å². The number of ether oxygens (including phenoxy) is 1. The molecule has 2 heterocycles. The van der Waals surface area contributed by atoms with E-state index in [4.69, 9.17) is 4.74 Å². The second kappa shape index (κ2) is 7.41. The molecule has 2 aliphatic heterocycles. The Morgan fingerprint density at radius 2 is 2.09 bits per heavy atom. The Bertz CT molecular complexity index is 558. The maximum atomic E-state index is 14.1. The van der Waals surface area contributed by atoms with Crippen LogP contribution in [0.1, 0.15) is 30.1 Å². The molecule has 2 aliphatic rings. The summed E-state index contributed by atoms with van der Waals surface area (Å²) in [5, 5.41) is 0. The van der Waals surface area contributed by atoms with Gasteiger partial charge in [-0.3, -0.25) is 9.69 Å². The highest BCUT2D eigenvalue weighted by Gasteiger charge is 2.26. The van der Waals surface area contributed by atoms with Crippen LogP contribution in [0.15, 0.2) is 18.2 Å². The standard InChI is InChI=1S/C18H25FN2O2/c1-14(22)18-16(19)5-2-6-17(18)21-7-3-4-15(13-21)12-20-8-10-23-11-9-20/h2,5-6,15H,3-4,7-13H2,1H3/t15-/m1/s1. The Morgan fingerprint density at radius 3 is 2.83 bits per heavy atom. The Labute approximate surface area is 137 Å². The predicted octanol–water partition coefficient (Wildman–Crippen LogP) is 2.58. The maximum Gasteiger partial charge on any atom is 0.164 e. The third kappa shape index (κ3) is 3.90. The highest BCUT2D eigenvalue weighted by Crippen LogP contribution is 2.29. The van der Waals surface area contributed by atoms with Gasteiger partial charge in [0, 0.05) is 32.7 Å². The van der Waals surface area contributed by atoms with E-state index in [9.17, 15) is 9.18 Å². The summed E-state index contributed by atoms with van der Waals surface area (Å²) in [5.74, 6) is -0.0522. The molecule has 2 fully saturated rings. The number of carbonyl (C=O) groups excluding carboxylic acids is 1. The second-order valence-electron chi connectivity index (χ2n) is 6.56. The van der Waals surface area contributed by atoms with Crippen molar-refractivity contribution in [1.29, 1.82) is 0 Å². The molecule has 5 heteroatoms. The van der Waals surface area contributed by atoms with E-state index in [0.717, 1.165) is 58.0 Å². The van der Waals surface area contributed by atoms with Crippen LogP contribution in [-0.2, 0) is 4.74 Å². The molecular weight excluding hydrogens is 295 g/mol. The minimum absolute atomic E-state index is 0.201. The molecule has 126 valence electrons. The normalized spacial score (nSPS) is 23.0. The lowest BCUT2D eigenvalue weighted by Gasteiger charge is -2.38. The summed E-state index contributed by atoms with van der Waals surface area (Å²) in [4.78, 5) is 16.5. The van der Waals surface area contributed by atoms with Crippen molar-refractivity contribution in [2.45, 2.75) is 19.8 Å². The van der Waals surface area contributed by atoms with Crippen molar-refractivity contribution in [1.82, 2.24) is 4.90 Å². The summed E-state index contributed by atoms with van der Waals surface area (Å²) in [6, 6.07) is 4.94. The Morgan fingerprint density at radius 1 is 1.30 bits per heavy atom. The maximum absolute atomic E-state index is 14.1. The van der Waals surface area contributed by atoms with Crippen molar-refractivity contribution >= 4 is 11.5 Å². The lowest BCUT2D eigenvalue weighted by molar-refractivity contribution is 0.0296. The Balaban J connectivity index is 1.71. The van der Waals surface area contributed by atoms with Crippen LogP contribution in [0.5, 0.6) is 0 Å². The lowest BCUT2D eigenvalue weighted by Crippen LogP contribution is -2.44. The minimum Gasteiger partial charge on any atom is -0.379 e. The minimum atomic E-state index is -0.412. The van der Waals surface area contributed by atoms with E-state index in [-0.39, 0.29) is 11.3 Å². The topological polar surface area (TPSA) is 32.8 Å². The molecule has 1 aromatic rings. The monoisotopic (exact) mass is 320 g/mol. The van der Waals surface area contributed by atoms with Gasteiger partial charge in [0.25, 0.3) is 0 Å². The molecule has 0 saturated carbocycles. The van der Waals surface area contributed by atoms with Gasteiger partial charge in [0.05, 0.1) is 24.5 Å². The highest BCUT2D eigenvalue weighted by molar-refractivity contribution is 6.00. The van der Waals surface area contributed by atoms with Crippen molar-refractivity contribution in [3.8, 4) is 0 Å². The fraction of sp³-hybridized carbons (Fsp3) is 0.611. The van der Waals surface area contributed by atoms with Crippen molar-refractivity contribution in [2.75, 3.05) is 50.8 Å². The molecule has 2 saturated heterocycles. The summed E-state index contributed by atoms with van der Waals surface area (Å²) < 4.78 is 19.5. The van der Waals surface area contributed by atoms with Gasteiger partial charge in [0.15, 0.2) is 5.78 Å². The van der Waals surface area contributed by atoms with Crippen LogP contribution in [0.3, 0.4) is 0 Å². The van der Waals surface area contributed by atoms with E-state index in [0.29, 0.717) is 5.92 Å². The first-order valence-electron chi connectivity index (χ1n) is 8.49. The number of carbonyl (C=O) groups is 1. The fourth-order valence-corrected chi connectivity index (χ4v) is 3.71. The van der Waals surface area contributed by atoms with Crippen molar-refractivity contribution in [2.24, 2.45) is 5.92 Å². The smallest absolute Gasteiger partial charge is 0.164 e. The van der Waals surface area contributed by atoms with Crippen LogP contribution < -0.4 is 4.90 Å². The molecule has 0 bridgehead atoms. The van der Waals surface area contributed by atoms with E-state index in [1.165, 1.54) is 19.4 Å². The Kier molecular flexibility index (Phi) is 5.28. The van der Waals surface area contributed by atoms with Crippen LogP contribution in [0.25, 0.3) is 0 Å². The summed E-state index contributed by atoms with van der Waals surface area (Å²) in [5.41, 5.74) is 0.990. The molecule has 1 aromatic carbocycles. The van der Waals surface area contributed by atoms with Gasteiger partial charge in [0.2, 0.25) is 0 Å². The zero-order valence-electron chi connectivity index (χ0n) is 13.8. The SMILES string of the molecule is CC(=O)c1c(F)cccc1N1CCC[C@H](CN2CCOCC2)C1. The van der Waals surface area contributed by atoms with Gasteiger partial charge in [-0.1, -0.05) is 6.07 Å². The van der Waals surface area contributed by atoms with Crippen LogP contribution in [0.4, 0.5) is 10.1 Å². The fourth-order valence-electron chi connectivity index (χ4n) is 3.71. The van der Waals surface area contributed by atoms with Crippen molar-refractivity contribution in [3.63, 3.8) is 0 Å². The highest BCUT2D eigenvalue weighted by atomic mass is 19.1. The second-order valence-corrected chi connectivity index (χ2v) is 6.56. The average Bonchev–Trinajstić information content (AvgIpc) is 2.55. The molecule has 0 N–H and O–H groups in total. The third-order valence-electron chi connectivity index (χ3n) is 4.82. The zero-order valence-corrected chi connectivity index (χ0v) is 13.8. The average molecular weight is 320 g/mol. The van der Waals surface area contributed by atoms with Crippen molar-refractivity contribution < 1.29 is 13.9 Å². The largest absolute Gasteiger partial charge is 0.379 e. The molecule has 0 amide bonds. The summed E-state index contributed by atoms with van der Waals surface area (Å²) in [7, 11) is 0. The predicted molar refractivity (Wildman–Crippen MR) is 88.6 cm³/mol. The number of morpholine rings is 1. The number of piperidine rings is 1. The third-order valence-corrected chi connectivity index (χ3v) is 4.82. The van der Waals surface area contributed by atoms with Gasteiger partial charge in [-0.15, -0.1) is 0 Å².